The number of benzene rings is 2. The van der Waals surface area contributed by atoms with Gasteiger partial charge in [-0.25, -0.2) is 13.8 Å². The van der Waals surface area contributed by atoms with Crippen LogP contribution in [-0.4, -0.2) is 22.4 Å². The molecule has 2 aromatic carbocycles. The van der Waals surface area contributed by atoms with E-state index >= 15 is 0 Å². The van der Waals surface area contributed by atoms with Crippen LogP contribution in [0.5, 0.6) is 0 Å². The first-order valence-electron chi connectivity index (χ1n) is 9.01. The zero-order chi connectivity index (χ0) is 19.0. The number of anilines is 1. The molecule has 1 aromatic heterocycles. The van der Waals surface area contributed by atoms with E-state index in [0.29, 0.717) is 29.1 Å². The Hall–Kier alpha value is -2.80. The lowest BCUT2D eigenvalue weighted by Crippen LogP contribution is -2.29. The number of nitrogens with zero attached hydrogens (tertiary/aromatic N) is 1. The van der Waals surface area contributed by atoms with Crippen LogP contribution in [-0.2, 0) is 4.79 Å². The van der Waals surface area contributed by atoms with E-state index in [9.17, 15) is 13.6 Å². The molecule has 4 rings (SSSR count). The van der Waals surface area contributed by atoms with E-state index in [1.165, 1.54) is 0 Å². The molecule has 27 heavy (non-hydrogen) atoms. The van der Waals surface area contributed by atoms with Gasteiger partial charge < -0.3 is 16.0 Å². The number of rotatable bonds is 4. The Balaban J connectivity index is 1.51. The molecule has 0 bridgehead atoms. The van der Waals surface area contributed by atoms with Crippen LogP contribution in [0, 0.1) is 23.5 Å². The van der Waals surface area contributed by atoms with Crippen LogP contribution in [0.4, 0.5) is 14.5 Å². The second-order valence-electron chi connectivity index (χ2n) is 6.97. The maximum absolute atomic E-state index is 13.3. The number of carbonyl (C=O) groups is 1. The number of imidazole rings is 1. The molecule has 1 heterocycles. The molecule has 1 aliphatic rings. The summed E-state index contributed by atoms with van der Waals surface area (Å²) < 4.78 is 26.7. The van der Waals surface area contributed by atoms with Crippen molar-refractivity contribution < 1.29 is 13.6 Å². The fourth-order valence-corrected chi connectivity index (χ4v) is 3.75. The summed E-state index contributed by atoms with van der Waals surface area (Å²) in [5.41, 5.74) is 7.99. The van der Waals surface area contributed by atoms with Crippen molar-refractivity contribution in [1.29, 1.82) is 0 Å². The van der Waals surface area contributed by atoms with Crippen molar-refractivity contribution in [3.63, 3.8) is 0 Å². The first-order chi connectivity index (χ1) is 13.0. The summed E-state index contributed by atoms with van der Waals surface area (Å²) in [6, 6.07) is 9.33. The molecule has 0 spiro atoms. The van der Waals surface area contributed by atoms with Crippen LogP contribution >= 0.6 is 0 Å². The number of aromatic amines is 1. The second kappa shape index (κ2) is 7.08. The largest absolute Gasteiger partial charge is 0.338 e. The van der Waals surface area contributed by atoms with Gasteiger partial charge in [-0.05, 0) is 49.6 Å². The number of nitrogens with one attached hydrogen (secondary N) is 2. The number of hydrogen-bond donors (Lipinski definition) is 3. The topological polar surface area (TPSA) is 83.8 Å². The normalized spacial score (nSPS) is 19.5. The smallest absolute Gasteiger partial charge is 0.227 e. The van der Waals surface area contributed by atoms with E-state index in [2.05, 4.69) is 15.3 Å². The van der Waals surface area contributed by atoms with Crippen LogP contribution in [0.1, 0.15) is 19.3 Å². The highest BCUT2D eigenvalue weighted by Gasteiger charge is 2.31. The standard InChI is InChI=1S/C20H20F2N4O/c21-15-8-17-18(9-16(15)22)26-19(25-17)11-4-6-13(7-5-11)24-20(27)14-3-1-2-12(14)10-23/h4-9,12,14H,1-3,10,23H2,(H,24,27)(H,25,26)/t12-,14-/m1/s1. The molecule has 3 aromatic rings. The monoisotopic (exact) mass is 370 g/mol. The number of fused-ring (bicyclic) bond motifs is 1. The lowest BCUT2D eigenvalue weighted by molar-refractivity contribution is -0.120. The van der Waals surface area contributed by atoms with Crippen LogP contribution in [0.15, 0.2) is 36.4 Å². The van der Waals surface area contributed by atoms with Crippen LogP contribution < -0.4 is 11.1 Å². The zero-order valence-corrected chi connectivity index (χ0v) is 14.6. The third-order valence-corrected chi connectivity index (χ3v) is 5.25. The molecule has 1 saturated carbocycles. The van der Waals surface area contributed by atoms with Gasteiger partial charge in [0.1, 0.15) is 5.82 Å². The molecule has 5 nitrogen and oxygen atoms in total. The quantitative estimate of drug-likeness (QED) is 0.653. The Morgan fingerprint density at radius 2 is 1.93 bits per heavy atom. The summed E-state index contributed by atoms with van der Waals surface area (Å²) in [5, 5.41) is 2.94. The Labute approximate surface area is 155 Å². The molecule has 1 amide bonds. The molecule has 140 valence electrons. The highest BCUT2D eigenvalue weighted by molar-refractivity contribution is 5.93. The zero-order valence-electron chi connectivity index (χ0n) is 14.6. The molecule has 1 fully saturated rings. The molecule has 0 radical (unpaired) electrons. The Bertz CT molecular complexity index is 945. The van der Waals surface area contributed by atoms with E-state index in [4.69, 9.17) is 5.73 Å². The van der Waals surface area contributed by atoms with Crippen molar-refractivity contribution in [2.24, 2.45) is 17.6 Å². The van der Waals surface area contributed by atoms with Gasteiger partial charge in [0.15, 0.2) is 11.6 Å². The Morgan fingerprint density at radius 1 is 1.19 bits per heavy atom. The molecule has 0 saturated heterocycles. The third kappa shape index (κ3) is 3.42. The number of nitrogens with two attached hydrogens (primary N) is 1. The first-order valence-corrected chi connectivity index (χ1v) is 9.01. The number of aromatic nitrogens is 2. The van der Waals surface area contributed by atoms with Crippen molar-refractivity contribution in [1.82, 2.24) is 9.97 Å². The number of halogens is 2. The van der Waals surface area contributed by atoms with E-state index < -0.39 is 11.6 Å². The number of H-pyrrole nitrogens is 1. The minimum Gasteiger partial charge on any atom is -0.338 e. The van der Waals surface area contributed by atoms with Crippen LogP contribution in [0.2, 0.25) is 0 Å². The van der Waals surface area contributed by atoms with E-state index in [-0.39, 0.29) is 17.7 Å². The third-order valence-electron chi connectivity index (χ3n) is 5.25. The first kappa shape index (κ1) is 17.6. The maximum Gasteiger partial charge on any atom is 0.227 e. The van der Waals surface area contributed by atoms with Gasteiger partial charge in [0.05, 0.1) is 11.0 Å². The summed E-state index contributed by atoms with van der Waals surface area (Å²) >= 11 is 0. The molecular weight excluding hydrogens is 350 g/mol. The van der Waals surface area contributed by atoms with E-state index in [1.807, 2.05) is 0 Å². The summed E-state index contributed by atoms with van der Waals surface area (Å²) in [4.78, 5) is 19.7. The summed E-state index contributed by atoms with van der Waals surface area (Å²) in [7, 11) is 0. The van der Waals surface area contributed by atoms with Crippen LogP contribution in [0.25, 0.3) is 22.4 Å². The average Bonchev–Trinajstić information content (AvgIpc) is 3.29. The minimum atomic E-state index is -0.929. The molecule has 1 aliphatic carbocycles. The van der Waals surface area contributed by atoms with Gasteiger partial charge >= 0.3 is 0 Å². The fraction of sp³-hybridized carbons (Fsp3) is 0.300. The number of hydrogen-bond acceptors (Lipinski definition) is 3. The molecule has 0 unspecified atom stereocenters. The minimum absolute atomic E-state index is 0.00499. The Kier molecular flexibility index (Phi) is 4.61. The average molecular weight is 370 g/mol. The van der Waals surface area contributed by atoms with Gasteiger partial charge in [0, 0.05) is 29.3 Å². The maximum atomic E-state index is 13.3. The van der Waals surface area contributed by atoms with Crippen molar-refractivity contribution in [2.45, 2.75) is 19.3 Å². The van der Waals surface area contributed by atoms with Crippen molar-refractivity contribution in [2.75, 3.05) is 11.9 Å². The molecular formula is C20H20F2N4O. The highest BCUT2D eigenvalue weighted by Crippen LogP contribution is 2.32. The predicted molar refractivity (Wildman–Crippen MR) is 100.0 cm³/mol. The van der Waals surface area contributed by atoms with Gasteiger partial charge in [-0.3, -0.25) is 4.79 Å². The second-order valence-corrected chi connectivity index (χ2v) is 6.97. The van der Waals surface area contributed by atoms with E-state index in [1.54, 1.807) is 24.3 Å². The molecule has 0 aliphatic heterocycles. The fourth-order valence-electron chi connectivity index (χ4n) is 3.75. The highest BCUT2D eigenvalue weighted by atomic mass is 19.2. The van der Waals surface area contributed by atoms with Gasteiger partial charge in [-0.2, -0.15) is 0 Å². The molecule has 4 N–H and O–H groups in total. The van der Waals surface area contributed by atoms with E-state index in [0.717, 1.165) is 37.0 Å². The predicted octanol–water partition coefficient (Wildman–Crippen LogP) is 3.82. The van der Waals surface area contributed by atoms with Gasteiger partial charge in [-0.1, -0.05) is 6.42 Å². The molecule has 7 heteroatoms. The van der Waals surface area contributed by atoms with Gasteiger partial charge in [0.25, 0.3) is 0 Å². The molecule has 2 atom stereocenters. The summed E-state index contributed by atoms with van der Waals surface area (Å²) in [5.74, 6) is -1.12. The Morgan fingerprint density at radius 3 is 2.67 bits per heavy atom. The van der Waals surface area contributed by atoms with Crippen molar-refractivity contribution >= 4 is 22.6 Å². The van der Waals surface area contributed by atoms with Gasteiger partial charge in [0.2, 0.25) is 5.91 Å². The number of amides is 1. The number of carbonyl (C=O) groups excluding carboxylic acids is 1. The summed E-state index contributed by atoms with van der Waals surface area (Å²) in [6.07, 6.45) is 2.91. The SMILES string of the molecule is NC[C@H]1CCC[C@H]1C(=O)Nc1ccc(-c2nc3cc(F)c(F)cc3[nH]2)cc1. The summed E-state index contributed by atoms with van der Waals surface area (Å²) in [6.45, 7) is 0.532. The lowest BCUT2D eigenvalue weighted by Gasteiger charge is -2.17. The van der Waals surface area contributed by atoms with Gasteiger partial charge in [-0.15, -0.1) is 0 Å². The van der Waals surface area contributed by atoms with Crippen molar-refractivity contribution in [3.05, 3.63) is 48.0 Å². The lowest BCUT2D eigenvalue weighted by atomic mass is 9.95. The van der Waals surface area contributed by atoms with Crippen LogP contribution in [0.3, 0.4) is 0 Å². The van der Waals surface area contributed by atoms with Crippen molar-refractivity contribution in [3.8, 4) is 11.4 Å².